The molecule has 3 N–H and O–H groups in total. The molecule has 0 bridgehead atoms. The van der Waals surface area contributed by atoms with Crippen LogP contribution in [0.1, 0.15) is 20.8 Å². The van der Waals surface area contributed by atoms with Crippen LogP contribution in [-0.2, 0) is 0 Å². The molecular weight excluding hydrogens is 282 g/mol. The molecule has 0 aliphatic carbocycles. The zero-order valence-electron chi connectivity index (χ0n) is 11.8. The molecule has 21 heavy (non-hydrogen) atoms. The van der Waals surface area contributed by atoms with Gasteiger partial charge in [-0.05, 0) is 37.6 Å². The number of hydrogen-bond acceptors (Lipinski definition) is 4. The third-order valence-electron chi connectivity index (χ3n) is 3.24. The number of aryl methyl sites for hydroxylation is 2. The van der Waals surface area contributed by atoms with Crippen LogP contribution in [0, 0.1) is 13.8 Å². The zero-order valence-corrected chi connectivity index (χ0v) is 12.6. The van der Waals surface area contributed by atoms with Crippen molar-refractivity contribution in [3.05, 3.63) is 52.5 Å². The van der Waals surface area contributed by atoms with Crippen molar-refractivity contribution in [2.75, 3.05) is 11.1 Å². The molecule has 5 heteroatoms. The van der Waals surface area contributed by atoms with Crippen LogP contribution in [0.3, 0.4) is 0 Å². The molecular formula is C16H15N3OS. The number of hydrogen-bond donors (Lipinski definition) is 2. The molecule has 1 aromatic carbocycles. The molecule has 0 saturated carbocycles. The third-order valence-corrected chi connectivity index (χ3v) is 4.37. The molecule has 0 saturated heterocycles. The van der Waals surface area contributed by atoms with Crippen molar-refractivity contribution >= 4 is 38.8 Å². The minimum Gasteiger partial charge on any atom is -0.397 e. The lowest BCUT2D eigenvalue weighted by Crippen LogP contribution is -2.11. The molecule has 3 rings (SSSR count). The Balaban J connectivity index is 1.94. The number of nitrogen functional groups attached to an aromatic ring is 1. The van der Waals surface area contributed by atoms with E-state index in [1.807, 2.05) is 44.2 Å². The Morgan fingerprint density at radius 2 is 1.90 bits per heavy atom. The molecule has 1 amide bonds. The van der Waals surface area contributed by atoms with Gasteiger partial charge in [-0.1, -0.05) is 17.7 Å². The van der Waals surface area contributed by atoms with E-state index >= 15 is 0 Å². The molecule has 2 aromatic heterocycles. The second-order valence-corrected chi connectivity index (χ2v) is 6.03. The topological polar surface area (TPSA) is 68.0 Å². The monoisotopic (exact) mass is 297 g/mol. The maximum absolute atomic E-state index is 12.4. The van der Waals surface area contributed by atoms with Gasteiger partial charge in [0, 0.05) is 17.3 Å². The molecule has 4 nitrogen and oxygen atoms in total. The lowest BCUT2D eigenvalue weighted by atomic mass is 10.2. The summed E-state index contributed by atoms with van der Waals surface area (Å²) in [5.74, 6) is -0.197. The summed E-state index contributed by atoms with van der Waals surface area (Å²) in [4.78, 5) is 18.0. The van der Waals surface area contributed by atoms with Crippen LogP contribution in [0.4, 0.5) is 11.4 Å². The number of carbonyl (C=O) groups excluding carboxylic acids is 1. The first kappa shape index (κ1) is 13.6. The standard InChI is InChI=1S/C16H15N3OS/c1-9-3-5-11(6-4-9)19-15(20)14-13(17)12-7-10(2)8-18-16(12)21-14/h3-8H,17H2,1-2H3,(H,19,20). The van der Waals surface area contributed by atoms with E-state index in [4.69, 9.17) is 5.73 Å². The normalized spacial score (nSPS) is 10.8. The Labute approximate surface area is 126 Å². The molecule has 106 valence electrons. The van der Waals surface area contributed by atoms with Crippen LogP contribution in [0.5, 0.6) is 0 Å². The quantitative estimate of drug-likeness (QED) is 0.757. The maximum atomic E-state index is 12.4. The summed E-state index contributed by atoms with van der Waals surface area (Å²) >= 11 is 1.31. The molecule has 0 unspecified atom stereocenters. The number of nitrogens with zero attached hydrogens (tertiary/aromatic N) is 1. The first-order chi connectivity index (χ1) is 10.0. The van der Waals surface area contributed by atoms with E-state index in [-0.39, 0.29) is 5.91 Å². The van der Waals surface area contributed by atoms with Crippen molar-refractivity contribution in [3.63, 3.8) is 0 Å². The number of aromatic nitrogens is 1. The van der Waals surface area contributed by atoms with E-state index in [9.17, 15) is 4.79 Å². The molecule has 0 spiro atoms. The Hall–Kier alpha value is -2.40. The number of nitrogens with one attached hydrogen (secondary N) is 1. The minimum atomic E-state index is -0.197. The van der Waals surface area contributed by atoms with E-state index in [1.54, 1.807) is 6.20 Å². The first-order valence-electron chi connectivity index (χ1n) is 6.57. The summed E-state index contributed by atoms with van der Waals surface area (Å²) < 4.78 is 0. The van der Waals surface area contributed by atoms with Crippen LogP contribution in [0.25, 0.3) is 10.2 Å². The molecule has 0 atom stereocenters. The van der Waals surface area contributed by atoms with Gasteiger partial charge in [-0.25, -0.2) is 4.98 Å². The number of amides is 1. The number of anilines is 2. The van der Waals surface area contributed by atoms with Crippen molar-refractivity contribution in [3.8, 4) is 0 Å². The van der Waals surface area contributed by atoms with Crippen molar-refractivity contribution in [2.45, 2.75) is 13.8 Å². The van der Waals surface area contributed by atoms with Gasteiger partial charge in [0.15, 0.2) is 0 Å². The van der Waals surface area contributed by atoms with Gasteiger partial charge >= 0.3 is 0 Å². The fourth-order valence-corrected chi connectivity index (χ4v) is 3.04. The fourth-order valence-electron chi connectivity index (χ4n) is 2.10. The van der Waals surface area contributed by atoms with E-state index in [2.05, 4.69) is 10.3 Å². The Morgan fingerprint density at radius 3 is 2.62 bits per heavy atom. The van der Waals surface area contributed by atoms with Crippen molar-refractivity contribution in [1.82, 2.24) is 4.98 Å². The predicted molar refractivity (Wildman–Crippen MR) is 87.9 cm³/mol. The number of thiophene rings is 1. The average Bonchev–Trinajstić information content (AvgIpc) is 2.79. The molecule has 0 aliphatic rings. The van der Waals surface area contributed by atoms with Crippen LogP contribution >= 0.6 is 11.3 Å². The second-order valence-electron chi connectivity index (χ2n) is 5.03. The van der Waals surface area contributed by atoms with Gasteiger partial charge in [0.2, 0.25) is 0 Å². The highest BCUT2D eigenvalue weighted by atomic mass is 32.1. The van der Waals surface area contributed by atoms with Crippen molar-refractivity contribution in [1.29, 1.82) is 0 Å². The molecule has 2 heterocycles. The SMILES string of the molecule is Cc1ccc(NC(=O)c2sc3ncc(C)cc3c2N)cc1. The lowest BCUT2D eigenvalue weighted by molar-refractivity contribution is 0.103. The zero-order chi connectivity index (χ0) is 15.0. The Morgan fingerprint density at radius 1 is 1.19 bits per heavy atom. The molecule has 0 aliphatic heterocycles. The number of carbonyl (C=O) groups is 1. The van der Waals surface area contributed by atoms with Crippen LogP contribution < -0.4 is 11.1 Å². The highest BCUT2D eigenvalue weighted by molar-refractivity contribution is 7.21. The summed E-state index contributed by atoms with van der Waals surface area (Å²) in [5.41, 5.74) is 9.52. The predicted octanol–water partition coefficient (Wildman–Crippen LogP) is 3.75. The highest BCUT2D eigenvalue weighted by Crippen LogP contribution is 2.33. The number of nitrogens with two attached hydrogens (primary N) is 1. The van der Waals surface area contributed by atoms with Gasteiger partial charge in [0.05, 0.1) is 5.69 Å². The lowest BCUT2D eigenvalue weighted by Gasteiger charge is -2.04. The molecule has 3 aromatic rings. The van der Waals surface area contributed by atoms with Crippen LogP contribution in [-0.4, -0.2) is 10.9 Å². The number of benzene rings is 1. The van der Waals surface area contributed by atoms with Gasteiger partial charge < -0.3 is 11.1 Å². The van der Waals surface area contributed by atoms with E-state index in [0.717, 1.165) is 27.0 Å². The summed E-state index contributed by atoms with van der Waals surface area (Å²) in [5, 5.41) is 3.71. The van der Waals surface area contributed by atoms with Crippen molar-refractivity contribution in [2.24, 2.45) is 0 Å². The minimum absolute atomic E-state index is 0.197. The van der Waals surface area contributed by atoms with Gasteiger partial charge in [0.25, 0.3) is 5.91 Å². The van der Waals surface area contributed by atoms with Crippen molar-refractivity contribution < 1.29 is 4.79 Å². The summed E-state index contributed by atoms with van der Waals surface area (Å²) in [7, 11) is 0. The van der Waals surface area contributed by atoms with Gasteiger partial charge in [0.1, 0.15) is 9.71 Å². The maximum Gasteiger partial charge on any atom is 0.267 e. The summed E-state index contributed by atoms with van der Waals surface area (Å²) in [6.45, 7) is 3.96. The smallest absolute Gasteiger partial charge is 0.267 e. The third kappa shape index (κ3) is 2.60. The second kappa shape index (κ2) is 5.18. The summed E-state index contributed by atoms with van der Waals surface area (Å²) in [6, 6.07) is 9.61. The molecule has 0 fully saturated rings. The Kier molecular flexibility index (Phi) is 3.35. The number of rotatable bonds is 2. The van der Waals surface area contributed by atoms with Gasteiger partial charge in [-0.15, -0.1) is 11.3 Å². The van der Waals surface area contributed by atoms with Crippen LogP contribution in [0.15, 0.2) is 36.5 Å². The first-order valence-corrected chi connectivity index (χ1v) is 7.39. The number of pyridine rings is 1. The highest BCUT2D eigenvalue weighted by Gasteiger charge is 2.17. The summed E-state index contributed by atoms with van der Waals surface area (Å²) in [6.07, 6.45) is 1.78. The number of fused-ring (bicyclic) bond motifs is 1. The Bertz CT molecular complexity index is 821. The van der Waals surface area contributed by atoms with Gasteiger partial charge in [-0.2, -0.15) is 0 Å². The van der Waals surface area contributed by atoms with E-state index < -0.39 is 0 Å². The molecule has 0 radical (unpaired) electrons. The van der Waals surface area contributed by atoms with E-state index in [0.29, 0.717) is 10.6 Å². The van der Waals surface area contributed by atoms with E-state index in [1.165, 1.54) is 11.3 Å². The largest absolute Gasteiger partial charge is 0.397 e. The average molecular weight is 297 g/mol. The van der Waals surface area contributed by atoms with Crippen LogP contribution in [0.2, 0.25) is 0 Å². The van der Waals surface area contributed by atoms with Gasteiger partial charge in [-0.3, -0.25) is 4.79 Å². The fraction of sp³-hybridized carbons (Fsp3) is 0.125.